The van der Waals surface area contributed by atoms with Crippen LogP contribution in [0.5, 0.6) is 0 Å². The first-order chi connectivity index (χ1) is 5.84. The van der Waals surface area contributed by atoms with E-state index in [1.54, 1.807) is 6.20 Å². The molecule has 1 aromatic heterocycles. The molecule has 1 N–H and O–H groups in total. The van der Waals surface area contributed by atoms with Crippen molar-refractivity contribution in [3.05, 3.63) is 11.6 Å². The summed E-state index contributed by atoms with van der Waals surface area (Å²) < 4.78 is 0. The van der Waals surface area contributed by atoms with Crippen molar-refractivity contribution in [1.82, 2.24) is 9.88 Å². The minimum atomic E-state index is 0.0300. The Labute approximate surface area is 74.2 Å². The fourth-order valence-electron chi connectivity index (χ4n) is 0.876. The van der Waals surface area contributed by atoms with Gasteiger partial charge in [-0.1, -0.05) is 0 Å². The quantitative estimate of drug-likeness (QED) is 0.690. The summed E-state index contributed by atoms with van der Waals surface area (Å²) in [5, 5.41) is 5.24. The lowest BCUT2D eigenvalue weighted by Gasteiger charge is -2.00. The van der Waals surface area contributed by atoms with Crippen LogP contribution in [0, 0.1) is 0 Å². The second-order valence-electron chi connectivity index (χ2n) is 2.66. The maximum Gasteiger partial charge on any atom is 0.240 e. The number of rotatable bonds is 3. The largest absolute Gasteiger partial charge is 0.301 e. The Morgan fingerprint density at radius 3 is 3.17 bits per heavy atom. The smallest absolute Gasteiger partial charge is 0.240 e. The van der Waals surface area contributed by atoms with Gasteiger partial charge in [0.1, 0.15) is 0 Å². The van der Waals surface area contributed by atoms with E-state index in [1.165, 1.54) is 11.3 Å². The molecule has 0 saturated carbocycles. The van der Waals surface area contributed by atoms with Crippen molar-refractivity contribution in [3.63, 3.8) is 0 Å². The lowest BCUT2D eigenvalue weighted by molar-refractivity contribution is -0.116. The van der Waals surface area contributed by atoms with Crippen LogP contribution in [-0.2, 0) is 4.79 Å². The monoisotopic (exact) mass is 183 g/mol. The molecule has 64 valence electrons. The molecule has 1 aliphatic heterocycles. The SMILES string of the molecule is O=C(CN1CC1)Nc1nccs1. The van der Waals surface area contributed by atoms with Crippen molar-refractivity contribution in [2.45, 2.75) is 0 Å². The predicted octanol–water partition coefficient (Wildman–Crippen LogP) is 0.397. The molecule has 1 aliphatic rings. The zero-order chi connectivity index (χ0) is 8.39. The average molecular weight is 183 g/mol. The van der Waals surface area contributed by atoms with E-state index in [1.807, 2.05) is 5.38 Å². The third-order valence-corrected chi connectivity index (χ3v) is 2.27. The van der Waals surface area contributed by atoms with Crippen molar-refractivity contribution in [3.8, 4) is 0 Å². The van der Waals surface area contributed by atoms with Gasteiger partial charge < -0.3 is 5.32 Å². The molecule has 2 heterocycles. The summed E-state index contributed by atoms with van der Waals surface area (Å²) in [5.74, 6) is 0.0300. The van der Waals surface area contributed by atoms with E-state index in [4.69, 9.17) is 0 Å². The Hall–Kier alpha value is -0.940. The lowest BCUT2D eigenvalue weighted by atomic mass is 10.6. The summed E-state index contributed by atoms with van der Waals surface area (Å²) in [7, 11) is 0. The molecular weight excluding hydrogens is 174 g/mol. The van der Waals surface area contributed by atoms with Crippen LogP contribution in [0.25, 0.3) is 0 Å². The molecule has 0 spiro atoms. The number of nitrogens with zero attached hydrogens (tertiary/aromatic N) is 2. The van der Waals surface area contributed by atoms with E-state index in [2.05, 4.69) is 15.2 Å². The van der Waals surface area contributed by atoms with Gasteiger partial charge in [0.05, 0.1) is 6.54 Å². The van der Waals surface area contributed by atoms with Gasteiger partial charge in [0.2, 0.25) is 5.91 Å². The third-order valence-electron chi connectivity index (χ3n) is 1.59. The average Bonchev–Trinajstić information content (AvgIpc) is 2.66. The molecule has 0 aliphatic carbocycles. The zero-order valence-corrected chi connectivity index (χ0v) is 7.30. The standard InChI is InChI=1S/C7H9N3OS/c11-6(5-10-2-3-10)9-7-8-1-4-12-7/h1,4H,2-3,5H2,(H,8,9,11). The summed E-state index contributed by atoms with van der Waals surface area (Å²) in [5.41, 5.74) is 0. The van der Waals surface area contributed by atoms with Gasteiger partial charge in [0, 0.05) is 24.7 Å². The van der Waals surface area contributed by atoms with E-state index >= 15 is 0 Å². The molecule has 1 amide bonds. The van der Waals surface area contributed by atoms with Crippen LogP contribution in [-0.4, -0.2) is 35.4 Å². The molecule has 1 aromatic rings. The van der Waals surface area contributed by atoms with Crippen LogP contribution in [0.15, 0.2) is 11.6 Å². The maximum atomic E-state index is 11.2. The van der Waals surface area contributed by atoms with Crippen molar-refractivity contribution >= 4 is 22.4 Å². The molecule has 4 nitrogen and oxygen atoms in total. The Morgan fingerprint density at radius 2 is 2.58 bits per heavy atom. The number of hydrogen-bond donors (Lipinski definition) is 1. The van der Waals surface area contributed by atoms with Gasteiger partial charge in [0.25, 0.3) is 0 Å². The van der Waals surface area contributed by atoms with E-state index in [0.717, 1.165) is 13.1 Å². The molecule has 5 heteroatoms. The maximum absolute atomic E-state index is 11.2. The van der Waals surface area contributed by atoms with Crippen LogP contribution >= 0.6 is 11.3 Å². The van der Waals surface area contributed by atoms with Crippen molar-refractivity contribution in [2.24, 2.45) is 0 Å². The number of anilines is 1. The summed E-state index contributed by atoms with van der Waals surface area (Å²) in [6, 6.07) is 0. The normalized spacial score (nSPS) is 16.0. The second-order valence-corrected chi connectivity index (χ2v) is 3.56. The number of nitrogens with one attached hydrogen (secondary N) is 1. The molecule has 1 fully saturated rings. The second kappa shape index (κ2) is 3.20. The van der Waals surface area contributed by atoms with Crippen LogP contribution < -0.4 is 5.32 Å². The summed E-state index contributed by atoms with van der Waals surface area (Å²) in [6.45, 7) is 2.59. The molecular formula is C7H9N3OS. The molecule has 0 radical (unpaired) electrons. The molecule has 0 atom stereocenters. The lowest BCUT2D eigenvalue weighted by Crippen LogP contribution is -2.21. The highest BCUT2D eigenvalue weighted by Crippen LogP contribution is 2.10. The van der Waals surface area contributed by atoms with E-state index in [9.17, 15) is 4.79 Å². The number of amides is 1. The number of aromatic nitrogens is 1. The fraction of sp³-hybridized carbons (Fsp3) is 0.429. The third kappa shape index (κ3) is 2.02. The Morgan fingerprint density at radius 1 is 1.75 bits per heavy atom. The molecule has 0 unspecified atom stereocenters. The zero-order valence-electron chi connectivity index (χ0n) is 6.49. The van der Waals surface area contributed by atoms with Gasteiger partial charge in [-0.2, -0.15) is 0 Å². The van der Waals surface area contributed by atoms with Gasteiger partial charge in [-0.25, -0.2) is 4.98 Å². The highest BCUT2D eigenvalue weighted by Gasteiger charge is 2.20. The van der Waals surface area contributed by atoms with E-state index in [-0.39, 0.29) is 5.91 Å². The highest BCUT2D eigenvalue weighted by molar-refractivity contribution is 7.13. The fourth-order valence-corrected chi connectivity index (χ4v) is 1.42. The summed E-state index contributed by atoms with van der Waals surface area (Å²) >= 11 is 1.44. The van der Waals surface area contributed by atoms with Crippen LogP contribution in [0.2, 0.25) is 0 Å². The summed E-state index contributed by atoms with van der Waals surface area (Å²) in [4.78, 5) is 17.2. The van der Waals surface area contributed by atoms with Crippen molar-refractivity contribution < 1.29 is 4.79 Å². The predicted molar refractivity (Wildman–Crippen MR) is 47.2 cm³/mol. The number of thiazole rings is 1. The molecule has 12 heavy (non-hydrogen) atoms. The molecule has 1 saturated heterocycles. The minimum Gasteiger partial charge on any atom is -0.301 e. The Balaban J connectivity index is 1.82. The number of carbonyl (C=O) groups excluding carboxylic acids is 1. The number of hydrogen-bond acceptors (Lipinski definition) is 4. The first-order valence-corrected chi connectivity index (χ1v) is 4.64. The van der Waals surface area contributed by atoms with Gasteiger partial charge in [0.15, 0.2) is 5.13 Å². The summed E-state index contributed by atoms with van der Waals surface area (Å²) in [6.07, 6.45) is 1.68. The van der Waals surface area contributed by atoms with Gasteiger partial charge in [-0.15, -0.1) is 11.3 Å². The molecule has 0 bridgehead atoms. The Bertz CT molecular complexity index is 268. The highest BCUT2D eigenvalue weighted by atomic mass is 32.1. The molecule has 2 rings (SSSR count). The minimum absolute atomic E-state index is 0.0300. The Kier molecular flexibility index (Phi) is 2.05. The first-order valence-electron chi connectivity index (χ1n) is 3.76. The van der Waals surface area contributed by atoms with Gasteiger partial charge >= 0.3 is 0 Å². The van der Waals surface area contributed by atoms with Crippen LogP contribution in [0.4, 0.5) is 5.13 Å². The number of carbonyl (C=O) groups is 1. The van der Waals surface area contributed by atoms with E-state index in [0.29, 0.717) is 11.7 Å². The topological polar surface area (TPSA) is 45.0 Å². The molecule has 0 aromatic carbocycles. The van der Waals surface area contributed by atoms with Crippen LogP contribution in [0.1, 0.15) is 0 Å². The van der Waals surface area contributed by atoms with E-state index < -0.39 is 0 Å². The van der Waals surface area contributed by atoms with Gasteiger partial charge in [-0.3, -0.25) is 9.69 Å². The van der Waals surface area contributed by atoms with Crippen molar-refractivity contribution in [2.75, 3.05) is 25.0 Å². The van der Waals surface area contributed by atoms with Gasteiger partial charge in [-0.05, 0) is 0 Å². The first kappa shape index (κ1) is 7.70. The van der Waals surface area contributed by atoms with Crippen LogP contribution in [0.3, 0.4) is 0 Å². The van der Waals surface area contributed by atoms with Crippen molar-refractivity contribution in [1.29, 1.82) is 0 Å².